The molecule has 5 aliphatic carbocycles. The van der Waals surface area contributed by atoms with Crippen LogP contribution in [0.4, 0.5) is 0 Å². The van der Waals surface area contributed by atoms with E-state index in [0.717, 1.165) is 69.8 Å². The van der Waals surface area contributed by atoms with Gasteiger partial charge in [0.25, 0.3) is 0 Å². The molecule has 5 heteroatoms. The maximum absolute atomic E-state index is 15.2. The number of aliphatic hydroxyl groups is 3. The lowest BCUT2D eigenvalue weighted by Gasteiger charge is -2.55. The first-order chi connectivity index (χ1) is 22.3. The summed E-state index contributed by atoms with van der Waals surface area (Å²) in [6.45, 7) is 4.64. The van der Waals surface area contributed by atoms with Gasteiger partial charge in [-0.2, -0.15) is 0 Å². The molecule has 240 valence electrons. The van der Waals surface area contributed by atoms with Crippen LogP contribution in [-0.4, -0.2) is 46.7 Å². The Morgan fingerprint density at radius 3 is 2.54 bits per heavy atom. The van der Waals surface area contributed by atoms with E-state index in [-0.39, 0.29) is 36.6 Å². The van der Waals surface area contributed by atoms with E-state index in [1.807, 2.05) is 6.08 Å². The zero-order chi connectivity index (χ0) is 31.8. The molecule has 7 unspecified atom stereocenters. The van der Waals surface area contributed by atoms with Crippen molar-refractivity contribution < 1.29 is 24.9 Å². The predicted molar refractivity (Wildman–Crippen MR) is 180 cm³/mol. The summed E-state index contributed by atoms with van der Waals surface area (Å²) >= 11 is 0. The summed E-state index contributed by atoms with van der Waals surface area (Å²) in [5.74, 6) is -2.39. The van der Waals surface area contributed by atoms with Gasteiger partial charge in [-0.25, -0.2) is 0 Å². The summed E-state index contributed by atoms with van der Waals surface area (Å²) in [4.78, 5) is 15.2. The molecule has 0 radical (unpaired) electrons. The molecular weight excluding hydrogens is 572 g/mol. The van der Waals surface area contributed by atoms with Crippen molar-refractivity contribution in [1.82, 2.24) is 0 Å². The lowest BCUT2D eigenvalue weighted by molar-refractivity contribution is -0.260. The van der Waals surface area contributed by atoms with E-state index in [0.29, 0.717) is 25.7 Å². The van der Waals surface area contributed by atoms with Crippen LogP contribution in [0, 0.1) is 28.6 Å². The molecule has 8 rings (SSSR count). The third kappa shape index (κ3) is 4.05. The fourth-order valence-corrected chi connectivity index (χ4v) is 11.1. The molecule has 3 saturated carbocycles. The Balaban J connectivity index is 1.38. The molecule has 0 aliphatic heterocycles. The molecule has 0 amide bonds. The average Bonchev–Trinajstić information content (AvgIpc) is 3.44. The fourth-order valence-electron chi connectivity index (χ4n) is 11.1. The van der Waals surface area contributed by atoms with Crippen LogP contribution >= 0.6 is 0 Å². The van der Waals surface area contributed by atoms with Crippen molar-refractivity contribution in [2.75, 3.05) is 13.7 Å². The molecule has 3 aromatic rings. The number of aryl methyl sites for hydroxylation is 1. The standard InChI is InChI=1S/C41H46O5/c1-25-38-32(24-42)23-40(41(38,45)46-2)37(44)16-12-26-7-6-8-27(17-26)19-35-34-21-31-18-28(22-39(25,40)33-9-4-3-5-10-33)11-13-29(31)20-30(34)14-15-36(35)43/h6-8,11,13-15,17-18,20-21,32-33,35-36,38,42-43,45H,1,3-5,9-10,12,16,19,22-24H2,2H3. The van der Waals surface area contributed by atoms with Gasteiger partial charge in [-0.1, -0.05) is 92.1 Å². The average molecular weight is 619 g/mol. The highest BCUT2D eigenvalue weighted by molar-refractivity contribution is 5.91. The number of Topliss-reactive ketones (excluding diaryl/α,β-unsaturated/α-hetero) is 1. The molecule has 3 fully saturated rings. The molecule has 0 heterocycles. The fraction of sp³-hybridized carbons (Fsp3) is 0.488. The van der Waals surface area contributed by atoms with Gasteiger partial charge in [-0.15, -0.1) is 0 Å². The Bertz CT molecular complexity index is 1750. The zero-order valence-corrected chi connectivity index (χ0v) is 26.9. The summed E-state index contributed by atoms with van der Waals surface area (Å²) in [5, 5.41) is 36.9. The van der Waals surface area contributed by atoms with Crippen LogP contribution in [0.5, 0.6) is 0 Å². The summed E-state index contributed by atoms with van der Waals surface area (Å²) in [6, 6.07) is 19.6. The van der Waals surface area contributed by atoms with E-state index in [1.54, 1.807) is 0 Å². The number of benzene rings is 3. The maximum Gasteiger partial charge on any atom is 0.185 e. The summed E-state index contributed by atoms with van der Waals surface area (Å²) < 4.78 is 6.15. The second-order valence-corrected chi connectivity index (χ2v) is 15.0. The minimum absolute atomic E-state index is 0.0278. The first-order valence-electron chi connectivity index (χ1n) is 17.4. The van der Waals surface area contributed by atoms with Crippen molar-refractivity contribution >= 4 is 22.6 Å². The van der Waals surface area contributed by atoms with Crippen LogP contribution in [-0.2, 0) is 28.8 Å². The number of methoxy groups -OCH3 is 1. The van der Waals surface area contributed by atoms with Crippen LogP contribution in [0.15, 0.2) is 72.8 Å². The number of carbonyl (C=O) groups excluding carboxylic acids is 1. The first kappa shape index (κ1) is 30.3. The van der Waals surface area contributed by atoms with Gasteiger partial charge >= 0.3 is 0 Å². The minimum atomic E-state index is -1.73. The molecule has 0 aromatic heterocycles. The minimum Gasteiger partial charge on any atom is -0.396 e. The van der Waals surface area contributed by atoms with Crippen molar-refractivity contribution in [3.63, 3.8) is 0 Å². The molecule has 5 nitrogen and oxygen atoms in total. The van der Waals surface area contributed by atoms with Crippen molar-refractivity contribution in [1.29, 1.82) is 0 Å². The topological polar surface area (TPSA) is 87.0 Å². The Hall–Kier alpha value is -3.09. The van der Waals surface area contributed by atoms with Crippen LogP contribution in [0.2, 0.25) is 0 Å². The van der Waals surface area contributed by atoms with E-state index in [4.69, 9.17) is 11.3 Å². The number of fused-ring (bicyclic) bond motifs is 4. The third-order valence-corrected chi connectivity index (χ3v) is 13.1. The van der Waals surface area contributed by atoms with E-state index < -0.39 is 28.6 Å². The maximum atomic E-state index is 15.2. The first-order valence-corrected chi connectivity index (χ1v) is 17.4. The van der Waals surface area contributed by atoms with E-state index in [2.05, 4.69) is 60.7 Å². The van der Waals surface area contributed by atoms with E-state index in [9.17, 15) is 15.3 Å². The molecule has 7 bridgehead atoms. The predicted octanol–water partition coefficient (Wildman–Crippen LogP) is 6.70. The van der Waals surface area contributed by atoms with Crippen LogP contribution < -0.4 is 0 Å². The van der Waals surface area contributed by atoms with Gasteiger partial charge in [0.1, 0.15) is 5.78 Å². The zero-order valence-electron chi connectivity index (χ0n) is 26.9. The highest BCUT2D eigenvalue weighted by Gasteiger charge is 2.82. The van der Waals surface area contributed by atoms with E-state index >= 15 is 4.79 Å². The van der Waals surface area contributed by atoms with Crippen LogP contribution in [0.3, 0.4) is 0 Å². The monoisotopic (exact) mass is 618 g/mol. The summed E-state index contributed by atoms with van der Waals surface area (Å²) in [5.41, 5.74) is 4.62. The second-order valence-electron chi connectivity index (χ2n) is 15.0. The lowest BCUT2D eigenvalue weighted by atomic mass is 9.47. The number of aliphatic hydroxyl groups excluding tert-OH is 2. The Morgan fingerprint density at radius 2 is 1.76 bits per heavy atom. The molecular formula is C41H46O5. The van der Waals surface area contributed by atoms with Gasteiger partial charge in [0.05, 0.1) is 11.5 Å². The molecule has 3 N–H and O–H groups in total. The molecule has 5 aliphatic rings. The molecule has 7 atom stereocenters. The SMILES string of the molecule is C=C1C2C(CO)CC3(C(=O)CCc4cccc(c4)CC4c5cc6cc(ccc6cc5C=CC4O)CC13C1CCCCC1)C2(O)OC. The Kier molecular flexibility index (Phi) is 7.22. The number of hydrogen-bond donors (Lipinski definition) is 3. The number of rotatable bonds is 3. The molecule has 46 heavy (non-hydrogen) atoms. The number of carbonyl (C=O) groups is 1. The largest absolute Gasteiger partial charge is 0.396 e. The highest BCUT2D eigenvalue weighted by atomic mass is 16.6. The smallest absolute Gasteiger partial charge is 0.185 e. The Morgan fingerprint density at radius 1 is 0.957 bits per heavy atom. The van der Waals surface area contributed by atoms with Gasteiger partial charge in [-0.3, -0.25) is 4.79 Å². The quantitative estimate of drug-likeness (QED) is 0.225. The second kappa shape index (κ2) is 11.0. The number of ketones is 1. The molecule has 1 spiro atoms. The van der Waals surface area contributed by atoms with Gasteiger partial charge in [0.2, 0.25) is 0 Å². The Labute approximate surface area is 272 Å². The van der Waals surface area contributed by atoms with Crippen LogP contribution in [0.25, 0.3) is 16.8 Å². The van der Waals surface area contributed by atoms with Crippen molar-refractivity contribution in [2.45, 2.75) is 82.0 Å². The van der Waals surface area contributed by atoms with Gasteiger partial charge in [0.15, 0.2) is 5.79 Å². The lowest BCUT2D eigenvalue weighted by Crippen LogP contribution is -2.60. The van der Waals surface area contributed by atoms with E-state index in [1.165, 1.54) is 13.5 Å². The third-order valence-electron chi connectivity index (χ3n) is 13.1. The number of hydrogen-bond acceptors (Lipinski definition) is 5. The molecule has 3 aromatic carbocycles. The van der Waals surface area contributed by atoms with Gasteiger partial charge in [0, 0.05) is 37.4 Å². The van der Waals surface area contributed by atoms with Gasteiger partial charge in [-0.05, 0) is 95.0 Å². The summed E-state index contributed by atoms with van der Waals surface area (Å²) in [7, 11) is 1.53. The number of ether oxygens (including phenoxy) is 1. The highest BCUT2D eigenvalue weighted by Crippen LogP contribution is 2.77. The van der Waals surface area contributed by atoms with Crippen molar-refractivity contribution in [3.8, 4) is 0 Å². The van der Waals surface area contributed by atoms with Crippen LogP contribution in [0.1, 0.15) is 78.7 Å². The molecule has 0 saturated heterocycles. The summed E-state index contributed by atoms with van der Waals surface area (Å²) in [6.07, 6.45) is 11.3. The van der Waals surface area contributed by atoms with Gasteiger partial charge < -0.3 is 20.1 Å². The normalized spacial score (nSPS) is 35.7. The van der Waals surface area contributed by atoms with Crippen molar-refractivity contribution in [2.24, 2.45) is 28.6 Å². The van der Waals surface area contributed by atoms with Crippen molar-refractivity contribution in [3.05, 3.63) is 101 Å².